The minimum Gasteiger partial charge on any atom is -0.437 e. The lowest BCUT2D eigenvalue weighted by atomic mass is 10.1. The zero-order chi connectivity index (χ0) is 16.4. The first-order valence-corrected chi connectivity index (χ1v) is 6.88. The second kappa shape index (κ2) is 5.91. The predicted octanol–water partition coefficient (Wildman–Crippen LogP) is 1.87. The number of benzene rings is 1. The number of nitrogens with zero attached hydrogens (tertiary/aromatic N) is 3. The van der Waals surface area contributed by atoms with Crippen LogP contribution in [0, 0.1) is 0 Å². The van der Waals surface area contributed by atoms with Crippen LogP contribution in [0.2, 0.25) is 0 Å². The second-order valence-electron chi connectivity index (χ2n) is 4.82. The van der Waals surface area contributed by atoms with Crippen molar-refractivity contribution in [2.24, 2.45) is 0 Å². The highest BCUT2D eigenvalue weighted by atomic mass is 16.7. The number of H-pyrrole nitrogens is 1. The third-order valence-corrected chi connectivity index (χ3v) is 3.43. The summed E-state index contributed by atoms with van der Waals surface area (Å²) >= 11 is 0. The van der Waals surface area contributed by atoms with Crippen molar-refractivity contribution in [1.82, 2.24) is 19.5 Å². The van der Waals surface area contributed by atoms with E-state index in [2.05, 4.69) is 19.7 Å². The van der Waals surface area contributed by atoms with Crippen LogP contribution in [0.25, 0.3) is 11.3 Å². The van der Waals surface area contributed by atoms with E-state index in [1.54, 1.807) is 0 Å². The number of aromatic amines is 1. The quantitative estimate of drug-likeness (QED) is 0.741. The lowest BCUT2D eigenvalue weighted by Gasteiger charge is -2.13. The molecule has 0 saturated heterocycles. The van der Waals surface area contributed by atoms with Gasteiger partial charge < -0.3 is 9.47 Å². The summed E-state index contributed by atoms with van der Waals surface area (Å²) in [5, 5.41) is 0. The van der Waals surface area contributed by atoms with E-state index < -0.39 is 6.16 Å². The van der Waals surface area contributed by atoms with E-state index in [0.717, 1.165) is 5.56 Å². The smallest absolute Gasteiger partial charge is 0.437 e. The van der Waals surface area contributed by atoms with Gasteiger partial charge in [0.2, 0.25) is 5.88 Å². The normalized spacial score (nSPS) is 12.1. The maximum absolute atomic E-state index is 12.2. The van der Waals surface area contributed by atoms with E-state index in [0.29, 0.717) is 11.3 Å². The summed E-state index contributed by atoms with van der Waals surface area (Å²) in [4.78, 5) is 34.3. The van der Waals surface area contributed by atoms with Crippen molar-refractivity contribution < 1.29 is 14.3 Å². The Bertz CT molecular complexity index is 901. The van der Waals surface area contributed by atoms with Gasteiger partial charge in [0.25, 0.3) is 0 Å². The van der Waals surface area contributed by atoms with E-state index in [-0.39, 0.29) is 17.6 Å². The summed E-state index contributed by atoms with van der Waals surface area (Å²) in [7, 11) is 1.19. The van der Waals surface area contributed by atoms with Gasteiger partial charge in [0.1, 0.15) is 0 Å². The first-order valence-electron chi connectivity index (χ1n) is 6.88. The third-order valence-electron chi connectivity index (χ3n) is 3.43. The molecule has 0 aliphatic heterocycles. The lowest BCUT2D eigenvalue weighted by Crippen LogP contribution is -2.21. The number of carbonyl (C=O) groups excluding carboxylic acids is 1. The van der Waals surface area contributed by atoms with E-state index in [1.165, 1.54) is 17.9 Å². The zero-order valence-electron chi connectivity index (χ0n) is 12.5. The minimum absolute atomic E-state index is 0.0441. The Kier molecular flexibility index (Phi) is 3.80. The summed E-state index contributed by atoms with van der Waals surface area (Å²) in [6, 6.07) is 9.25. The predicted molar refractivity (Wildman–Crippen MR) is 81.4 cm³/mol. The Labute approximate surface area is 130 Å². The molecule has 23 heavy (non-hydrogen) atoms. The van der Waals surface area contributed by atoms with Gasteiger partial charge in [0.05, 0.1) is 19.3 Å². The molecule has 8 nitrogen and oxygen atoms in total. The van der Waals surface area contributed by atoms with Crippen molar-refractivity contribution in [3.8, 4) is 5.88 Å². The molecule has 0 saturated carbocycles. The van der Waals surface area contributed by atoms with Crippen LogP contribution in [0.15, 0.2) is 41.3 Å². The third kappa shape index (κ3) is 2.78. The Hall–Kier alpha value is -3.16. The van der Waals surface area contributed by atoms with Gasteiger partial charge in [-0.3, -0.25) is 9.55 Å². The van der Waals surface area contributed by atoms with E-state index in [4.69, 9.17) is 4.74 Å². The van der Waals surface area contributed by atoms with Gasteiger partial charge in [0, 0.05) is 0 Å². The zero-order valence-corrected chi connectivity index (χ0v) is 12.5. The Balaban J connectivity index is 2.09. The number of methoxy groups -OCH3 is 1. The standard InChI is InChI=1S/C15H14N4O4/c1-9(10-6-4-3-5-7-10)19-13-12(18-14(19)20)16-8-11(17-13)23-15(21)22-2/h3-9H,1-2H3,(H,16,18,20)/t9-/m0/s1. The molecule has 0 aliphatic carbocycles. The first kappa shape index (κ1) is 14.8. The van der Waals surface area contributed by atoms with Crippen LogP contribution in [0.4, 0.5) is 4.79 Å². The van der Waals surface area contributed by atoms with Crippen molar-refractivity contribution in [3.63, 3.8) is 0 Å². The molecular weight excluding hydrogens is 300 g/mol. The van der Waals surface area contributed by atoms with Crippen molar-refractivity contribution >= 4 is 17.4 Å². The molecular formula is C15H14N4O4. The molecule has 8 heteroatoms. The van der Waals surface area contributed by atoms with Crippen molar-refractivity contribution in [2.45, 2.75) is 13.0 Å². The molecule has 0 radical (unpaired) electrons. The molecule has 118 valence electrons. The Morgan fingerprint density at radius 3 is 2.74 bits per heavy atom. The Morgan fingerprint density at radius 2 is 2.04 bits per heavy atom. The molecule has 0 fully saturated rings. The molecule has 2 aromatic heterocycles. The monoisotopic (exact) mass is 314 g/mol. The fraction of sp³-hybridized carbons (Fsp3) is 0.200. The van der Waals surface area contributed by atoms with Gasteiger partial charge in [-0.15, -0.1) is 0 Å². The number of nitrogens with one attached hydrogen (secondary N) is 1. The number of fused-ring (bicyclic) bond motifs is 1. The molecule has 0 spiro atoms. The number of carbonyl (C=O) groups is 1. The fourth-order valence-electron chi connectivity index (χ4n) is 2.29. The van der Waals surface area contributed by atoms with E-state index in [1.807, 2.05) is 37.3 Å². The van der Waals surface area contributed by atoms with E-state index in [9.17, 15) is 9.59 Å². The molecule has 2 heterocycles. The summed E-state index contributed by atoms with van der Waals surface area (Å²) in [5.41, 5.74) is 1.21. The number of hydrogen-bond donors (Lipinski definition) is 1. The number of aromatic nitrogens is 4. The summed E-state index contributed by atoms with van der Waals surface area (Å²) in [5.74, 6) is -0.0441. The van der Waals surface area contributed by atoms with Gasteiger partial charge >= 0.3 is 11.8 Å². The van der Waals surface area contributed by atoms with Gasteiger partial charge in [-0.05, 0) is 12.5 Å². The van der Waals surface area contributed by atoms with Gasteiger partial charge in [-0.25, -0.2) is 14.6 Å². The lowest BCUT2D eigenvalue weighted by molar-refractivity contribution is 0.119. The molecule has 1 aromatic carbocycles. The van der Waals surface area contributed by atoms with Crippen LogP contribution < -0.4 is 10.4 Å². The SMILES string of the molecule is COC(=O)Oc1cnc2[nH]c(=O)n([C@@H](C)c3ccccc3)c2n1. The summed E-state index contributed by atoms with van der Waals surface area (Å²) in [6.07, 6.45) is 0.339. The van der Waals surface area contributed by atoms with Crippen molar-refractivity contribution in [3.05, 3.63) is 52.6 Å². The molecule has 0 bridgehead atoms. The van der Waals surface area contributed by atoms with Gasteiger partial charge in [0.15, 0.2) is 11.3 Å². The van der Waals surface area contributed by atoms with Crippen LogP contribution in [-0.4, -0.2) is 32.8 Å². The van der Waals surface area contributed by atoms with Crippen LogP contribution in [-0.2, 0) is 4.74 Å². The molecule has 0 unspecified atom stereocenters. The van der Waals surface area contributed by atoms with Crippen LogP contribution in [0.5, 0.6) is 5.88 Å². The largest absolute Gasteiger partial charge is 0.514 e. The second-order valence-corrected chi connectivity index (χ2v) is 4.82. The fourth-order valence-corrected chi connectivity index (χ4v) is 2.29. The molecule has 1 N–H and O–H groups in total. The van der Waals surface area contributed by atoms with Crippen LogP contribution >= 0.6 is 0 Å². The number of hydrogen-bond acceptors (Lipinski definition) is 6. The molecule has 3 rings (SSSR count). The number of imidazole rings is 1. The summed E-state index contributed by atoms with van der Waals surface area (Å²) in [6.45, 7) is 1.87. The minimum atomic E-state index is -0.904. The number of rotatable bonds is 3. The summed E-state index contributed by atoms with van der Waals surface area (Å²) < 4.78 is 10.7. The average molecular weight is 314 g/mol. The highest BCUT2D eigenvalue weighted by molar-refractivity contribution is 5.68. The van der Waals surface area contributed by atoms with Crippen LogP contribution in [0.3, 0.4) is 0 Å². The number of ether oxygens (including phenoxy) is 2. The van der Waals surface area contributed by atoms with Crippen LogP contribution in [0.1, 0.15) is 18.5 Å². The first-order chi connectivity index (χ1) is 11.1. The molecule has 3 aromatic rings. The van der Waals surface area contributed by atoms with Crippen molar-refractivity contribution in [2.75, 3.05) is 7.11 Å². The maximum Gasteiger partial charge on any atom is 0.514 e. The van der Waals surface area contributed by atoms with Gasteiger partial charge in [-0.2, -0.15) is 4.98 Å². The maximum atomic E-state index is 12.2. The van der Waals surface area contributed by atoms with E-state index >= 15 is 0 Å². The van der Waals surface area contributed by atoms with Gasteiger partial charge in [-0.1, -0.05) is 30.3 Å². The molecule has 1 atom stereocenters. The molecule has 0 amide bonds. The highest BCUT2D eigenvalue weighted by Gasteiger charge is 2.18. The molecule has 0 aliphatic rings. The Morgan fingerprint density at radius 1 is 1.30 bits per heavy atom. The average Bonchev–Trinajstić information content (AvgIpc) is 2.90. The topological polar surface area (TPSA) is 99.1 Å². The van der Waals surface area contributed by atoms with Crippen molar-refractivity contribution in [1.29, 1.82) is 0 Å². The highest BCUT2D eigenvalue weighted by Crippen LogP contribution is 2.20.